The van der Waals surface area contributed by atoms with Crippen LogP contribution in [0.3, 0.4) is 0 Å². The lowest BCUT2D eigenvalue weighted by atomic mass is 10.2. The van der Waals surface area contributed by atoms with Crippen LogP contribution in [0.5, 0.6) is 0 Å². The summed E-state index contributed by atoms with van der Waals surface area (Å²) in [5.74, 6) is 0.749. The molecule has 0 unspecified atom stereocenters. The fourth-order valence-electron chi connectivity index (χ4n) is 1.25. The maximum absolute atomic E-state index is 12.0. The Morgan fingerprint density at radius 1 is 1.44 bits per heavy atom. The molecule has 0 spiro atoms. The van der Waals surface area contributed by atoms with Crippen LogP contribution in [-0.2, 0) is 0 Å². The molecule has 7 heteroatoms. The van der Waals surface area contributed by atoms with Gasteiger partial charge in [0, 0.05) is 4.47 Å². The second-order valence-corrected chi connectivity index (χ2v) is 6.58. The van der Waals surface area contributed by atoms with Gasteiger partial charge in [0.15, 0.2) is 4.34 Å². The zero-order valence-corrected chi connectivity index (χ0v) is 12.7. The van der Waals surface area contributed by atoms with Crippen LogP contribution in [0.25, 0.3) is 0 Å². The Kier molecular flexibility index (Phi) is 4.73. The number of nitrogens with one attached hydrogen (secondary N) is 1. The number of benzene rings is 1. The van der Waals surface area contributed by atoms with Crippen molar-refractivity contribution in [2.24, 2.45) is 0 Å². The molecular formula is C11H10BrN3OS2. The van der Waals surface area contributed by atoms with E-state index in [0.717, 1.165) is 14.6 Å². The molecule has 0 fully saturated rings. The minimum absolute atomic E-state index is 0.188. The first-order valence-corrected chi connectivity index (χ1v) is 7.82. The second kappa shape index (κ2) is 6.31. The van der Waals surface area contributed by atoms with Gasteiger partial charge in [-0.1, -0.05) is 42.2 Å². The highest BCUT2D eigenvalue weighted by Crippen LogP contribution is 2.26. The zero-order chi connectivity index (χ0) is 13.0. The standard InChI is InChI=1S/C11H10BrN3OS2/c1-2-17-11-15-14-10(18-11)13-9(16)7-5-3-4-6-8(7)12/h3-6H,2H2,1H3,(H,13,14,16). The van der Waals surface area contributed by atoms with E-state index >= 15 is 0 Å². The van der Waals surface area contributed by atoms with Crippen molar-refractivity contribution in [3.63, 3.8) is 0 Å². The molecule has 1 aromatic carbocycles. The van der Waals surface area contributed by atoms with Crippen molar-refractivity contribution in [1.82, 2.24) is 10.2 Å². The van der Waals surface area contributed by atoms with E-state index in [0.29, 0.717) is 10.7 Å². The molecule has 0 saturated carbocycles. The largest absolute Gasteiger partial charge is 0.296 e. The molecule has 18 heavy (non-hydrogen) atoms. The highest BCUT2D eigenvalue weighted by Gasteiger charge is 2.12. The lowest BCUT2D eigenvalue weighted by molar-refractivity contribution is 0.102. The number of carbonyl (C=O) groups excluding carboxylic acids is 1. The Morgan fingerprint density at radius 3 is 2.94 bits per heavy atom. The third kappa shape index (κ3) is 3.30. The molecule has 1 amide bonds. The first kappa shape index (κ1) is 13.5. The number of aromatic nitrogens is 2. The van der Waals surface area contributed by atoms with Gasteiger partial charge < -0.3 is 0 Å². The maximum Gasteiger partial charge on any atom is 0.258 e. The molecule has 1 heterocycles. The third-order valence-corrected chi connectivity index (χ3v) is 4.56. The number of carbonyl (C=O) groups is 1. The summed E-state index contributed by atoms with van der Waals surface area (Å²) in [6.07, 6.45) is 0. The molecule has 0 saturated heterocycles. The summed E-state index contributed by atoms with van der Waals surface area (Å²) >= 11 is 6.33. The molecule has 4 nitrogen and oxygen atoms in total. The summed E-state index contributed by atoms with van der Waals surface area (Å²) in [6.45, 7) is 2.05. The number of nitrogens with zero attached hydrogens (tertiary/aromatic N) is 2. The predicted molar refractivity (Wildman–Crippen MR) is 78.4 cm³/mol. The summed E-state index contributed by atoms with van der Waals surface area (Å²) in [6, 6.07) is 7.26. The van der Waals surface area contributed by atoms with Gasteiger partial charge in [0.1, 0.15) is 0 Å². The van der Waals surface area contributed by atoms with E-state index in [1.54, 1.807) is 17.8 Å². The SMILES string of the molecule is CCSc1nnc(NC(=O)c2ccccc2Br)s1. The molecule has 94 valence electrons. The second-order valence-electron chi connectivity index (χ2n) is 3.24. The number of hydrogen-bond donors (Lipinski definition) is 1. The Morgan fingerprint density at radius 2 is 2.22 bits per heavy atom. The van der Waals surface area contributed by atoms with Crippen LogP contribution < -0.4 is 5.32 Å². The van der Waals surface area contributed by atoms with Crippen molar-refractivity contribution in [3.05, 3.63) is 34.3 Å². The van der Waals surface area contributed by atoms with Crippen molar-refractivity contribution in [2.45, 2.75) is 11.3 Å². The van der Waals surface area contributed by atoms with Crippen LogP contribution in [0.1, 0.15) is 17.3 Å². The van der Waals surface area contributed by atoms with E-state index in [4.69, 9.17) is 0 Å². The van der Waals surface area contributed by atoms with Gasteiger partial charge in [-0.05, 0) is 33.8 Å². The topological polar surface area (TPSA) is 54.9 Å². The predicted octanol–water partition coefficient (Wildman–Crippen LogP) is 3.66. The van der Waals surface area contributed by atoms with Crippen LogP contribution in [0.2, 0.25) is 0 Å². The van der Waals surface area contributed by atoms with Gasteiger partial charge in [-0.3, -0.25) is 10.1 Å². The highest BCUT2D eigenvalue weighted by molar-refractivity contribution is 9.10. The van der Waals surface area contributed by atoms with Crippen LogP contribution in [0.15, 0.2) is 33.1 Å². The smallest absolute Gasteiger partial charge is 0.258 e. The average Bonchev–Trinajstić information content (AvgIpc) is 2.77. The van der Waals surface area contributed by atoms with Gasteiger partial charge in [0.2, 0.25) is 5.13 Å². The number of halogens is 1. The lowest BCUT2D eigenvalue weighted by Gasteiger charge is -2.02. The van der Waals surface area contributed by atoms with Crippen LogP contribution in [0, 0.1) is 0 Å². The summed E-state index contributed by atoms with van der Waals surface area (Å²) in [4.78, 5) is 12.0. The number of hydrogen-bond acceptors (Lipinski definition) is 5. The Balaban J connectivity index is 2.09. The molecule has 2 aromatic rings. The average molecular weight is 344 g/mol. The van der Waals surface area contributed by atoms with Crippen LogP contribution >= 0.6 is 39.0 Å². The molecule has 2 rings (SSSR count). The van der Waals surface area contributed by atoms with Gasteiger partial charge >= 0.3 is 0 Å². The van der Waals surface area contributed by atoms with E-state index in [1.165, 1.54) is 11.3 Å². The molecule has 0 aliphatic carbocycles. The van der Waals surface area contributed by atoms with Crippen molar-refractivity contribution >= 4 is 50.1 Å². The minimum Gasteiger partial charge on any atom is -0.296 e. The van der Waals surface area contributed by atoms with Gasteiger partial charge in [-0.25, -0.2) is 0 Å². The van der Waals surface area contributed by atoms with E-state index in [-0.39, 0.29) is 5.91 Å². The van der Waals surface area contributed by atoms with Crippen LogP contribution in [-0.4, -0.2) is 21.9 Å². The van der Waals surface area contributed by atoms with Crippen molar-refractivity contribution in [2.75, 3.05) is 11.1 Å². The van der Waals surface area contributed by atoms with Gasteiger partial charge in [0.05, 0.1) is 5.56 Å². The van der Waals surface area contributed by atoms with Crippen molar-refractivity contribution < 1.29 is 4.79 Å². The first-order chi connectivity index (χ1) is 8.70. The summed E-state index contributed by atoms with van der Waals surface area (Å²) in [5.41, 5.74) is 0.581. The van der Waals surface area contributed by atoms with E-state index < -0.39 is 0 Å². The van der Waals surface area contributed by atoms with E-state index in [2.05, 4.69) is 31.4 Å². The molecule has 0 bridgehead atoms. The molecule has 0 aliphatic heterocycles. The number of amides is 1. The fourth-order valence-corrected chi connectivity index (χ4v) is 3.36. The highest BCUT2D eigenvalue weighted by atomic mass is 79.9. The molecule has 0 radical (unpaired) electrons. The monoisotopic (exact) mass is 343 g/mol. The number of anilines is 1. The maximum atomic E-state index is 12.0. The van der Waals surface area contributed by atoms with Crippen LogP contribution in [0.4, 0.5) is 5.13 Å². The molecular weight excluding hydrogens is 334 g/mol. The molecule has 0 atom stereocenters. The summed E-state index contributed by atoms with van der Waals surface area (Å²) in [5, 5.41) is 11.2. The summed E-state index contributed by atoms with van der Waals surface area (Å²) in [7, 11) is 0. The molecule has 1 N–H and O–H groups in total. The lowest BCUT2D eigenvalue weighted by Crippen LogP contribution is -2.12. The zero-order valence-electron chi connectivity index (χ0n) is 9.51. The summed E-state index contributed by atoms with van der Waals surface area (Å²) < 4.78 is 1.62. The molecule has 0 aliphatic rings. The fraction of sp³-hybridized carbons (Fsp3) is 0.182. The molecule has 1 aromatic heterocycles. The Hall–Kier alpha value is -0.920. The number of rotatable bonds is 4. The minimum atomic E-state index is -0.188. The van der Waals surface area contributed by atoms with Gasteiger partial charge in [-0.2, -0.15) is 0 Å². The normalized spacial score (nSPS) is 10.3. The van der Waals surface area contributed by atoms with E-state index in [9.17, 15) is 4.79 Å². The van der Waals surface area contributed by atoms with E-state index in [1.807, 2.05) is 25.1 Å². The van der Waals surface area contributed by atoms with Crippen molar-refractivity contribution in [3.8, 4) is 0 Å². The third-order valence-electron chi connectivity index (χ3n) is 2.01. The van der Waals surface area contributed by atoms with Crippen molar-refractivity contribution in [1.29, 1.82) is 0 Å². The quantitative estimate of drug-likeness (QED) is 0.679. The Bertz CT molecular complexity index is 559. The van der Waals surface area contributed by atoms with Gasteiger partial charge in [0.25, 0.3) is 5.91 Å². The Labute approximate surface area is 121 Å². The number of thioether (sulfide) groups is 1. The van der Waals surface area contributed by atoms with Gasteiger partial charge in [-0.15, -0.1) is 10.2 Å². The first-order valence-electron chi connectivity index (χ1n) is 5.23.